The van der Waals surface area contributed by atoms with Crippen molar-refractivity contribution < 1.29 is 9.90 Å². The lowest BCUT2D eigenvalue weighted by Crippen LogP contribution is -2.46. The molecule has 1 unspecified atom stereocenters. The van der Waals surface area contributed by atoms with Crippen LogP contribution in [0.5, 0.6) is 0 Å². The van der Waals surface area contributed by atoms with E-state index in [0.29, 0.717) is 12.6 Å². The molecule has 1 N–H and O–H groups in total. The number of rotatable bonds is 6. The lowest BCUT2D eigenvalue weighted by molar-refractivity contribution is -0.152. The van der Waals surface area contributed by atoms with E-state index in [9.17, 15) is 9.90 Å². The molecule has 1 heterocycles. The molecule has 1 aliphatic carbocycles. The normalized spacial score (nSPS) is 19.9. The predicted molar refractivity (Wildman–Crippen MR) is 83.3 cm³/mol. The number of carboxylic acid groups (broad SMARTS) is 1. The number of hydrogen-bond donors (Lipinski definition) is 1. The number of aliphatic carboxylic acids is 1. The first-order valence-corrected chi connectivity index (χ1v) is 8.37. The Morgan fingerprint density at radius 3 is 2.70 bits per heavy atom. The number of carbonyl (C=O) groups is 1. The maximum Gasteiger partial charge on any atom is 0.310 e. The number of nitrogens with zero attached hydrogens (tertiary/aromatic N) is 1. The van der Waals surface area contributed by atoms with Crippen molar-refractivity contribution >= 4 is 17.3 Å². The highest BCUT2D eigenvalue weighted by Crippen LogP contribution is 2.37. The highest BCUT2D eigenvalue weighted by Gasteiger charge is 2.40. The molecular formula is C16H25NO2S. The molecule has 0 saturated heterocycles. The SMILES string of the molecule is CC(Cc1cccs1)N(C)CC1(C(=O)O)CCCCC1. The monoisotopic (exact) mass is 295 g/mol. The maximum absolute atomic E-state index is 11.7. The molecule has 0 bridgehead atoms. The summed E-state index contributed by atoms with van der Waals surface area (Å²) in [5.41, 5.74) is -0.517. The van der Waals surface area contributed by atoms with Crippen molar-refractivity contribution in [2.24, 2.45) is 5.41 Å². The number of hydrogen-bond acceptors (Lipinski definition) is 3. The van der Waals surface area contributed by atoms with Gasteiger partial charge < -0.3 is 10.0 Å². The van der Waals surface area contributed by atoms with Gasteiger partial charge in [-0.15, -0.1) is 11.3 Å². The molecule has 1 aromatic heterocycles. The number of likely N-dealkylation sites (N-methyl/N-ethyl adjacent to an activating group) is 1. The Kier molecular flexibility index (Phi) is 5.22. The van der Waals surface area contributed by atoms with E-state index in [-0.39, 0.29) is 0 Å². The molecule has 20 heavy (non-hydrogen) atoms. The lowest BCUT2D eigenvalue weighted by Gasteiger charge is -2.38. The Labute approximate surface area is 125 Å². The fraction of sp³-hybridized carbons (Fsp3) is 0.688. The Bertz CT molecular complexity index is 424. The van der Waals surface area contributed by atoms with Crippen LogP contribution in [0.1, 0.15) is 43.9 Å². The van der Waals surface area contributed by atoms with Crippen LogP contribution in [0.15, 0.2) is 17.5 Å². The molecule has 1 aromatic rings. The second kappa shape index (κ2) is 6.72. The van der Waals surface area contributed by atoms with Crippen LogP contribution < -0.4 is 0 Å². The fourth-order valence-corrected chi connectivity index (χ4v) is 4.00. The summed E-state index contributed by atoms with van der Waals surface area (Å²) in [6, 6.07) is 4.61. The summed E-state index contributed by atoms with van der Waals surface area (Å²) in [6.07, 6.45) is 5.96. The van der Waals surface area contributed by atoms with E-state index in [0.717, 1.165) is 32.1 Å². The van der Waals surface area contributed by atoms with Crippen molar-refractivity contribution in [2.45, 2.75) is 51.5 Å². The summed E-state index contributed by atoms with van der Waals surface area (Å²) in [5.74, 6) is -0.604. The summed E-state index contributed by atoms with van der Waals surface area (Å²) in [4.78, 5) is 15.3. The van der Waals surface area contributed by atoms with Crippen LogP contribution in [0, 0.1) is 5.41 Å². The Morgan fingerprint density at radius 2 is 2.15 bits per heavy atom. The Balaban J connectivity index is 1.97. The minimum atomic E-state index is -0.604. The third-order valence-electron chi connectivity index (χ3n) is 4.65. The number of thiophene rings is 1. The van der Waals surface area contributed by atoms with Crippen molar-refractivity contribution in [1.29, 1.82) is 0 Å². The molecular weight excluding hydrogens is 270 g/mol. The zero-order chi connectivity index (χ0) is 14.6. The second-order valence-corrected chi connectivity index (χ2v) is 7.23. The molecule has 0 aromatic carbocycles. The van der Waals surface area contributed by atoms with Crippen LogP contribution in [0.25, 0.3) is 0 Å². The highest BCUT2D eigenvalue weighted by molar-refractivity contribution is 7.09. The first-order chi connectivity index (χ1) is 9.53. The van der Waals surface area contributed by atoms with Gasteiger partial charge in [-0.25, -0.2) is 0 Å². The van der Waals surface area contributed by atoms with E-state index in [1.807, 2.05) is 0 Å². The second-order valence-electron chi connectivity index (χ2n) is 6.19. The van der Waals surface area contributed by atoms with E-state index in [1.165, 1.54) is 11.3 Å². The fourth-order valence-electron chi connectivity index (χ4n) is 3.18. The molecule has 3 nitrogen and oxygen atoms in total. The van der Waals surface area contributed by atoms with Crippen LogP contribution in [0.4, 0.5) is 0 Å². The Morgan fingerprint density at radius 1 is 1.45 bits per heavy atom. The third kappa shape index (κ3) is 3.61. The van der Waals surface area contributed by atoms with Gasteiger partial charge in [0.05, 0.1) is 5.41 Å². The Hall–Kier alpha value is -0.870. The van der Waals surface area contributed by atoms with Crippen LogP contribution in [-0.2, 0) is 11.2 Å². The highest BCUT2D eigenvalue weighted by atomic mass is 32.1. The zero-order valence-corrected chi connectivity index (χ0v) is 13.3. The standard InChI is InChI=1S/C16H25NO2S/c1-13(11-14-7-6-10-20-14)17(2)12-16(15(18)19)8-4-3-5-9-16/h6-7,10,13H,3-5,8-9,11-12H2,1-2H3,(H,18,19). The smallest absolute Gasteiger partial charge is 0.310 e. The van der Waals surface area contributed by atoms with Crippen LogP contribution in [0.3, 0.4) is 0 Å². The summed E-state index contributed by atoms with van der Waals surface area (Å²) in [5, 5.41) is 11.8. The summed E-state index contributed by atoms with van der Waals surface area (Å²) in [7, 11) is 2.07. The summed E-state index contributed by atoms with van der Waals surface area (Å²) < 4.78 is 0. The van der Waals surface area contributed by atoms with Crippen LogP contribution >= 0.6 is 11.3 Å². The van der Waals surface area contributed by atoms with Gasteiger partial charge in [0, 0.05) is 17.5 Å². The molecule has 1 atom stereocenters. The van der Waals surface area contributed by atoms with Crippen LogP contribution in [-0.4, -0.2) is 35.6 Å². The average Bonchev–Trinajstić information content (AvgIpc) is 2.92. The molecule has 0 aliphatic heterocycles. The van der Waals surface area contributed by atoms with Gasteiger partial charge in [0.15, 0.2) is 0 Å². The van der Waals surface area contributed by atoms with Crippen molar-refractivity contribution in [3.8, 4) is 0 Å². The third-order valence-corrected chi connectivity index (χ3v) is 5.54. The van der Waals surface area contributed by atoms with Crippen LogP contribution in [0.2, 0.25) is 0 Å². The minimum absolute atomic E-state index is 0.381. The van der Waals surface area contributed by atoms with Gasteiger partial charge in [0.2, 0.25) is 0 Å². The van der Waals surface area contributed by atoms with Crippen molar-refractivity contribution in [3.63, 3.8) is 0 Å². The van der Waals surface area contributed by atoms with E-state index < -0.39 is 11.4 Å². The maximum atomic E-state index is 11.7. The van der Waals surface area contributed by atoms with E-state index in [4.69, 9.17) is 0 Å². The summed E-state index contributed by atoms with van der Waals surface area (Å²) in [6.45, 7) is 2.87. The first kappa shape index (κ1) is 15.5. The molecule has 0 amide bonds. The topological polar surface area (TPSA) is 40.5 Å². The van der Waals surface area contributed by atoms with Gasteiger partial charge in [-0.3, -0.25) is 4.79 Å². The van der Waals surface area contributed by atoms with Crippen molar-refractivity contribution in [2.75, 3.05) is 13.6 Å². The van der Waals surface area contributed by atoms with Crippen molar-refractivity contribution in [3.05, 3.63) is 22.4 Å². The van der Waals surface area contributed by atoms with Gasteiger partial charge in [-0.1, -0.05) is 25.3 Å². The van der Waals surface area contributed by atoms with Gasteiger partial charge >= 0.3 is 5.97 Å². The molecule has 0 spiro atoms. The predicted octanol–water partition coefficient (Wildman–Crippen LogP) is 3.65. The average molecular weight is 295 g/mol. The van der Waals surface area contributed by atoms with Crippen molar-refractivity contribution in [1.82, 2.24) is 4.90 Å². The minimum Gasteiger partial charge on any atom is -0.481 e. The van der Waals surface area contributed by atoms with E-state index in [1.54, 1.807) is 11.3 Å². The molecule has 1 fully saturated rings. The molecule has 1 saturated carbocycles. The van der Waals surface area contributed by atoms with Gasteiger partial charge in [-0.05, 0) is 44.7 Å². The first-order valence-electron chi connectivity index (χ1n) is 7.49. The number of carboxylic acids is 1. The van der Waals surface area contributed by atoms with E-state index in [2.05, 4.69) is 36.4 Å². The zero-order valence-electron chi connectivity index (χ0n) is 12.5. The largest absolute Gasteiger partial charge is 0.481 e. The summed E-state index contributed by atoms with van der Waals surface area (Å²) >= 11 is 1.78. The van der Waals surface area contributed by atoms with E-state index >= 15 is 0 Å². The molecule has 112 valence electrons. The molecule has 2 rings (SSSR count). The molecule has 0 radical (unpaired) electrons. The molecule has 1 aliphatic rings. The van der Waals surface area contributed by atoms with Gasteiger partial charge in [0.25, 0.3) is 0 Å². The molecule has 4 heteroatoms. The van der Waals surface area contributed by atoms with Gasteiger partial charge in [0.1, 0.15) is 0 Å². The quantitative estimate of drug-likeness (QED) is 0.871. The lowest BCUT2D eigenvalue weighted by atomic mass is 9.73. The van der Waals surface area contributed by atoms with Gasteiger partial charge in [-0.2, -0.15) is 0 Å².